The van der Waals surface area contributed by atoms with Crippen molar-refractivity contribution >= 4 is 11.3 Å². The van der Waals surface area contributed by atoms with Crippen LogP contribution >= 0.6 is 11.3 Å². The maximum Gasteiger partial charge on any atom is 0.0299 e. The lowest BCUT2D eigenvalue weighted by Gasteiger charge is -2.34. The lowest BCUT2D eigenvalue weighted by Crippen LogP contribution is -2.38. The van der Waals surface area contributed by atoms with Crippen LogP contribution < -0.4 is 5.32 Å². The summed E-state index contributed by atoms with van der Waals surface area (Å²) in [5, 5.41) is 3.42. The smallest absolute Gasteiger partial charge is 0.0299 e. The lowest BCUT2D eigenvalue weighted by molar-refractivity contribution is 0.134. The van der Waals surface area contributed by atoms with Crippen LogP contribution in [0.4, 0.5) is 0 Å². The van der Waals surface area contributed by atoms with Gasteiger partial charge in [0.15, 0.2) is 0 Å². The van der Waals surface area contributed by atoms with E-state index in [4.69, 9.17) is 0 Å². The number of piperidine rings is 1. The molecule has 1 aromatic heterocycles. The summed E-state index contributed by atoms with van der Waals surface area (Å²) in [5.74, 6) is 1.70. The van der Waals surface area contributed by atoms with Crippen molar-refractivity contribution < 1.29 is 0 Å². The van der Waals surface area contributed by atoms with Gasteiger partial charge in [-0.05, 0) is 43.4 Å². The molecule has 1 aliphatic rings. The molecule has 19 heavy (non-hydrogen) atoms. The van der Waals surface area contributed by atoms with Gasteiger partial charge in [-0.1, -0.05) is 20.8 Å². The molecule has 1 fully saturated rings. The molecule has 1 saturated heterocycles. The normalized spacial score (nSPS) is 24.8. The van der Waals surface area contributed by atoms with E-state index in [1.54, 1.807) is 5.56 Å². The van der Waals surface area contributed by atoms with Gasteiger partial charge in [0.2, 0.25) is 0 Å². The van der Waals surface area contributed by atoms with E-state index in [2.05, 4.69) is 44.0 Å². The third-order valence-electron chi connectivity index (χ3n) is 3.96. The highest BCUT2D eigenvalue weighted by Gasteiger charge is 2.22. The summed E-state index contributed by atoms with van der Waals surface area (Å²) in [6, 6.07) is 2.41. The van der Waals surface area contributed by atoms with Gasteiger partial charge < -0.3 is 5.32 Å². The third-order valence-corrected chi connectivity index (χ3v) is 5.05. The van der Waals surface area contributed by atoms with Crippen molar-refractivity contribution in [3.05, 3.63) is 21.4 Å². The van der Waals surface area contributed by atoms with Gasteiger partial charge in [0, 0.05) is 35.9 Å². The van der Waals surface area contributed by atoms with E-state index in [0.717, 1.165) is 31.5 Å². The Morgan fingerprint density at radius 1 is 1.32 bits per heavy atom. The van der Waals surface area contributed by atoms with Crippen LogP contribution in [0.2, 0.25) is 0 Å². The quantitative estimate of drug-likeness (QED) is 0.886. The Labute approximate surface area is 122 Å². The van der Waals surface area contributed by atoms with E-state index in [1.165, 1.54) is 29.3 Å². The van der Waals surface area contributed by atoms with Gasteiger partial charge in [-0.15, -0.1) is 11.3 Å². The zero-order chi connectivity index (χ0) is 13.8. The molecular formula is C16H28N2S. The van der Waals surface area contributed by atoms with Crippen LogP contribution in [0.5, 0.6) is 0 Å². The minimum absolute atomic E-state index is 0.851. The topological polar surface area (TPSA) is 15.3 Å². The van der Waals surface area contributed by atoms with Gasteiger partial charge in [0.25, 0.3) is 0 Å². The van der Waals surface area contributed by atoms with Gasteiger partial charge in [-0.2, -0.15) is 0 Å². The first-order valence-corrected chi connectivity index (χ1v) is 8.41. The van der Waals surface area contributed by atoms with Gasteiger partial charge in [0.05, 0.1) is 0 Å². The number of nitrogens with one attached hydrogen (secondary N) is 1. The molecule has 0 spiro atoms. The van der Waals surface area contributed by atoms with Crippen molar-refractivity contribution in [2.24, 2.45) is 11.8 Å². The molecule has 0 radical (unpaired) electrons. The Morgan fingerprint density at radius 3 is 2.63 bits per heavy atom. The molecular weight excluding hydrogens is 252 g/mol. The average molecular weight is 280 g/mol. The number of rotatable bonds is 5. The van der Waals surface area contributed by atoms with Crippen LogP contribution in [0, 0.1) is 18.8 Å². The maximum atomic E-state index is 3.42. The summed E-state index contributed by atoms with van der Waals surface area (Å²) in [4.78, 5) is 5.62. The molecule has 2 unspecified atom stereocenters. The van der Waals surface area contributed by atoms with Crippen LogP contribution in [0.25, 0.3) is 0 Å². The van der Waals surface area contributed by atoms with Gasteiger partial charge >= 0.3 is 0 Å². The first kappa shape index (κ1) is 15.0. The third kappa shape index (κ3) is 4.30. The first-order valence-electron chi connectivity index (χ1n) is 7.59. The molecule has 2 nitrogen and oxygen atoms in total. The summed E-state index contributed by atoms with van der Waals surface area (Å²) >= 11 is 1.96. The highest BCUT2D eigenvalue weighted by Crippen LogP contribution is 2.26. The van der Waals surface area contributed by atoms with E-state index in [9.17, 15) is 0 Å². The van der Waals surface area contributed by atoms with Crippen molar-refractivity contribution in [2.45, 2.75) is 47.2 Å². The number of likely N-dealkylation sites (tertiary alicyclic amines) is 1. The first-order chi connectivity index (χ1) is 9.08. The van der Waals surface area contributed by atoms with Crippen LogP contribution in [0.1, 0.15) is 42.5 Å². The zero-order valence-corrected chi connectivity index (χ0v) is 13.6. The van der Waals surface area contributed by atoms with Gasteiger partial charge in [0.1, 0.15) is 0 Å². The van der Waals surface area contributed by atoms with Crippen molar-refractivity contribution in [3.8, 4) is 0 Å². The minimum Gasteiger partial charge on any atom is -0.312 e. The Morgan fingerprint density at radius 2 is 2.00 bits per heavy atom. The van der Waals surface area contributed by atoms with Crippen LogP contribution in [0.15, 0.2) is 6.07 Å². The summed E-state index contributed by atoms with van der Waals surface area (Å²) < 4.78 is 0. The standard InChI is InChI=1S/C16H28N2S/c1-5-17-8-16-7-15(14(4)19-16)11-18-9-12(2)6-13(3)10-18/h7,12-13,17H,5-6,8-11H2,1-4H3. The van der Waals surface area contributed by atoms with Crippen LogP contribution in [-0.2, 0) is 13.1 Å². The second kappa shape index (κ2) is 6.87. The Hall–Kier alpha value is -0.380. The molecule has 108 valence electrons. The van der Waals surface area contributed by atoms with E-state index in [-0.39, 0.29) is 0 Å². The number of thiophene rings is 1. The fraction of sp³-hybridized carbons (Fsp3) is 0.750. The molecule has 2 atom stereocenters. The Kier molecular flexibility index (Phi) is 5.43. The van der Waals surface area contributed by atoms with Gasteiger partial charge in [-0.25, -0.2) is 0 Å². The number of hydrogen-bond acceptors (Lipinski definition) is 3. The summed E-state index contributed by atoms with van der Waals surface area (Å²) in [7, 11) is 0. The molecule has 0 aliphatic carbocycles. The molecule has 1 aliphatic heterocycles. The highest BCUT2D eigenvalue weighted by molar-refractivity contribution is 7.12. The van der Waals surface area contributed by atoms with Crippen molar-refractivity contribution in [1.29, 1.82) is 0 Å². The minimum atomic E-state index is 0.851. The summed E-state index contributed by atoms with van der Waals surface area (Å²) in [6.45, 7) is 15.0. The lowest BCUT2D eigenvalue weighted by atomic mass is 9.91. The largest absolute Gasteiger partial charge is 0.312 e. The molecule has 1 aromatic rings. The molecule has 0 aromatic carbocycles. The SMILES string of the molecule is CCNCc1cc(CN2CC(C)CC(C)C2)c(C)s1. The molecule has 3 heteroatoms. The van der Waals surface area contributed by atoms with E-state index in [0.29, 0.717) is 0 Å². The van der Waals surface area contributed by atoms with E-state index < -0.39 is 0 Å². The second-order valence-electron chi connectivity index (χ2n) is 6.21. The Bertz CT molecular complexity index is 389. The molecule has 0 bridgehead atoms. The summed E-state index contributed by atoms with van der Waals surface area (Å²) in [5.41, 5.74) is 1.54. The van der Waals surface area contributed by atoms with Gasteiger partial charge in [-0.3, -0.25) is 4.90 Å². The highest BCUT2D eigenvalue weighted by atomic mass is 32.1. The second-order valence-corrected chi connectivity index (χ2v) is 7.56. The van der Waals surface area contributed by atoms with Crippen LogP contribution in [-0.4, -0.2) is 24.5 Å². The molecule has 0 saturated carbocycles. The van der Waals surface area contributed by atoms with Crippen molar-refractivity contribution in [1.82, 2.24) is 10.2 Å². The molecule has 2 rings (SSSR count). The molecule has 0 amide bonds. The predicted molar refractivity (Wildman–Crippen MR) is 84.7 cm³/mol. The number of nitrogens with zero attached hydrogens (tertiary/aromatic N) is 1. The number of aryl methyl sites for hydroxylation is 1. The molecule has 1 N–H and O–H groups in total. The monoisotopic (exact) mass is 280 g/mol. The fourth-order valence-corrected chi connectivity index (χ4v) is 4.27. The summed E-state index contributed by atoms with van der Waals surface area (Å²) in [6.07, 6.45) is 1.39. The molecule has 2 heterocycles. The predicted octanol–water partition coefficient (Wildman–Crippen LogP) is 3.64. The maximum absolute atomic E-state index is 3.42. The van der Waals surface area contributed by atoms with Crippen LogP contribution in [0.3, 0.4) is 0 Å². The number of hydrogen-bond donors (Lipinski definition) is 1. The Balaban J connectivity index is 1.96. The van der Waals surface area contributed by atoms with Crippen molar-refractivity contribution in [3.63, 3.8) is 0 Å². The van der Waals surface area contributed by atoms with E-state index in [1.807, 2.05) is 11.3 Å². The fourth-order valence-electron chi connectivity index (χ4n) is 3.24. The zero-order valence-electron chi connectivity index (χ0n) is 12.8. The van der Waals surface area contributed by atoms with Crippen molar-refractivity contribution in [2.75, 3.05) is 19.6 Å². The van der Waals surface area contributed by atoms with E-state index >= 15 is 0 Å². The average Bonchev–Trinajstić information content (AvgIpc) is 2.66.